The van der Waals surface area contributed by atoms with Gasteiger partial charge in [0.25, 0.3) is 0 Å². The molecule has 0 saturated heterocycles. The average molecular weight is 277 g/mol. The monoisotopic (exact) mass is 277 g/mol. The lowest BCUT2D eigenvalue weighted by molar-refractivity contribution is -0.143. The van der Waals surface area contributed by atoms with E-state index in [0.717, 1.165) is 4.90 Å². The third-order valence-corrected chi connectivity index (χ3v) is 3.44. The molecule has 0 fully saturated rings. The van der Waals surface area contributed by atoms with E-state index < -0.39 is 5.82 Å². The number of fused-ring (bicyclic) bond motifs is 1. The van der Waals surface area contributed by atoms with Crippen LogP contribution in [0.1, 0.15) is 42.1 Å². The van der Waals surface area contributed by atoms with E-state index in [2.05, 4.69) is 0 Å². The van der Waals surface area contributed by atoms with Gasteiger partial charge < -0.3 is 0 Å². The van der Waals surface area contributed by atoms with Crippen molar-refractivity contribution >= 4 is 17.6 Å². The minimum Gasteiger partial charge on any atom is -0.294 e. The molecule has 5 heteroatoms. The number of carbonyl (C=O) groups is 3. The van der Waals surface area contributed by atoms with Gasteiger partial charge in [0.05, 0.1) is 0 Å². The number of benzene rings is 1. The Morgan fingerprint density at radius 2 is 1.95 bits per heavy atom. The van der Waals surface area contributed by atoms with Gasteiger partial charge in [0.2, 0.25) is 11.8 Å². The smallest absolute Gasteiger partial charge is 0.229 e. The molecule has 0 aromatic heterocycles. The lowest BCUT2D eigenvalue weighted by Gasteiger charge is -2.21. The zero-order chi connectivity index (χ0) is 14.7. The molecule has 1 heterocycles. The van der Waals surface area contributed by atoms with Gasteiger partial charge in [-0.3, -0.25) is 19.3 Å². The number of hydrogen-bond donors (Lipinski definition) is 0. The Labute approximate surface area is 116 Å². The van der Waals surface area contributed by atoms with Gasteiger partial charge in [0, 0.05) is 31.9 Å². The van der Waals surface area contributed by atoms with Crippen molar-refractivity contribution in [3.63, 3.8) is 0 Å². The second kappa shape index (κ2) is 5.94. The topological polar surface area (TPSA) is 54.5 Å². The van der Waals surface area contributed by atoms with Crippen LogP contribution in [0.5, 0.6) is 0 Å². The summed E-state index contributed by atoms with van der Waals surface area (Å²) in [6.45, 7) is 1.59. The van der Waals surface area contributed by atoms with Crippen LogP contribution in [0.15, 0.2) is 18.2 Å². The molecule has 0 aliphatic carbocycles. The molecular weight excluding hydrogens is 261 g/mol. The van der Waals surface area contributed by atoms with Crippen molar-refractivity contribution in [1.29, 1.82) is 0 Å². The summed E-state index contributed by atoms with van der Waals surface area (Å²) in [7, 11) is 0. The summed E-state index contributed by atoms with van der Waals surface area (Å²) in [6, 6.07) is 4.02. The number of Topliss-reactive ketones (excluding diaryl/α,β-unsaturated/α-hetero) is 1. The highest BCUT2D eigenvalue weighted by molar-refractivity contribution is 5.98. The van der Waals surface area contributed by atoms with Gasteiger partial charge in [-0.15, -0.1) is 0 Å². The summed E-state index contributed by atoms with van der Waals surface area (Å²) in [4.78, 5) is 36.6. The van der Waals surface area contributed by atoms with Crippen LogP contribution in [-0.4, -0.2) is 29.0 Å². The maximum absolute atomic E-state index is 13.3. The Morgan fingerprint density at radius 3 is 2.65 bits per heavy atom. The molecule has 0 unspecified atom stereocenters. The summed E-state index contributed by atoms with van der Waals surface area (Å²) >= 11 is 0. The molecule has 1 aromatic rings. The second-order valence-electron chi connectivity index (χ2n) is 4.89. The van der Waals surface area contributed by atoms with Crippen LogP contribution < -0.4 is 0 Å². The maximum Gasteiger partial charge on any atom is 0.229 e. The fourth-order valence-corrected chi connectivity index (χ4v) is 2.41. The van der Waals surface area contributed by atoms with Crippen LogP contribution in [0.4, 0.5) is 4.39 Å². The van der Waals surface area contributed by atoms with Crippen LogP contribution in [0.3, 0.4) is 0 Å². The summed E-state index contributed by atoms with van der Waals surface area (Å²) in [5, 5.41) is 0. The van der Waals surface area contributed by atoms with Gasteiger partial charge in [-0.05, 0) is 36.6 Å². The Hall–Kier alpha value is -2.04. The minimum absolute atomic E-state index is 0.0714. The van der Waals surface area contributed by atoms with Crippen molar-refractivity contribution < 1.29 is 18.8 Å². The predicted molar refractivity (Wildman–Crippen MR) is 70.7 cm³/mol. The van der Waals surface area contributed by atoms with Crippen LogP contribution in [0, 0.1) is 5.82 Å². The van der Waals surface area contributed by atoms with Gasteiger partial charge in [-0.2, -0.15) is 0 Å². The normalized spacial score (nSPS) is 16.8. The van der Waals surface area contributed by atoms with E-state index in [1.165, 1.54) is 25.1 Å². The lowest BCUT2D eigenvalue weighted by Crippen LogP contribution is -2.36. The molecular formula is C15H16FNO3. The lowest BCUT2D eigenvalue weighted by atomic mass is 9.96. The number of amides is 2. The number of carbonyl (C=O) groups excluding carboxylic acids is 3. The molecule has 0 spiro atoms. The first kappa shape index (κ1) is 14.4. The van der Waals surface area contributed by atoms with Crippen molar-refractivity contribution in [2.45, 2.75) is 32.6 Å². The molecule has 0 N–H and O–H groups in total. The molecule has 1 aromatic carbocycles. The van der Waals surface area contributed by atoms with Crippen molar-refractivity contribution in [3.05, 3.63) is 35.1 Å². The van der Waals surface area contributed by atoms with Gasteiger partial charge in [0.15, 0.2) is 5.78 Å². The Kier molecular flexibility index (Phi) is 4.27. The van der Waals surface area contributed by atoms with E-state index in [-0.39, 0.29) is 43.4 Å². The highest BCUT2D eigenvalue weighted by Crippen LogP contribution is 2.18. The molecule has 0 bridgehead atoms. The molecule has 1 aliphatic rings. The first-order chi connectivity index (χ1) is 9.49. The molecule has 106 valence electrons. The molecule has 2 amide bonds. The molecule has 0 saturated carbocycles. The number of aryl methyl sites for hydroxylation is 1. The number of rotatable bonds is 0. The van der Waals surface area contributed by atoms with E-state index in [1.807, 2.05) is 0 Å². The standard InChI is InChI=1S/C15H16FNO3/c1-10(18)17-8-2-3-14(19)13-6-5-12(16)9-11(13)4-7-15(17)20/h5-6,9H,2-4,7-8H2,1H3. The summed E-state index contributed by atoms with van der Waals surface area (Å²) in [6.07, 6.45) is 1.04. The first-order valence-electron chi connectivity index (χ1n) is 6.61. The first-order valence-corrected chi connectivity index (χ1v) is 6.61. The maximum atomic E-state index is 13.3. The molecule has 1 aliphatic heterocycles. The third kappa shape index (κ3) is 3.10. The van der Waals surface area contributed by atoms with E-state index >= 15 is 0 Å². The Balaban J connectivity index is 2.31. The Morgan fingerprint density at radius 1 is 1.20 bits per heavy atom. The van der Waals surface area contributed by atoms with E-state index in [4.69, 9.17) is 0 Å². The van der Waals surface area contributed by atoms with E-state index in [0.29, 0.717) is 17.5 Å². The predicted octanol–water partition coefficient (Wildman–Crippen LogP) is 2.11. The van der Waals surface area contributed by atoms with Crippen LogP contribution in [-0.2, 0) is 16.0 Å². The van der Waals surface area contributed by atoms with Crippen molar-refractivity contribution in [3.8, 4) is 0 Å². The van der Waals surface area contributed by atoms with Crippen molar-refractivity contribution in [1.82, 2.24) is 4.90 Å². The van der Waals surface area contributed by atoms with Crippen LogP contribution >= 0.6 is 0 Å². The highest BCUT2D eigenvalue weighted by Gasteiger charge is 2.21. The van der Waals surface area contributed by atoms with Gasteiger partial charge in [0.1, 0.15) is 5.82 Å². The van der Waals surface area contributed by atoms with E-state index in [1.54, 1.807) is 0 Å². The SMILES string of the molecule is CC(=O)N1CCCC(=O)c2ccc(F)cc2CCC1=O. The number of hydrogen-bond acceptors (Lipinski definition) is 3. The second-order valence-corrected chi connectivity index (χ2v) is 4.89. The number of imide groups is 1. The van der Waals surface area contributed by atoms with Gasteiger partial charge >= 0.3 is 0 Å². The minimum atomic E-state index is -0.426. The van der Waals surface area contributed by atoms with Crippen molar-refractivity contribution in [2.75, 3.05) is 6.54 Å². The van der Waals surface area contributed by atoms with E-state index in [9.17, 15) is 18.8 Å². The molecule has 4 nitrogen and oxygen atoms in total. The molecule has 0 atom stereocenters. The number of halogens is 1. The molecule has 20 heavy (non-hydrogen) atoms. The van der Waals surface area contributed by atoms with Crippen LogP contribution in [0.2, 0.25) is 0 Å². The zero-order valence-electron chi connectivity index (χ0n) is 11.3. The average Bonchev–Trinajstić information content (AvgIpc) is 2.39. The number of ketones is 1. The molecule has 0 radical (unpaired) electrons. The van der Waals surface area contributed by atoms with Crippen LogP contribution in [0.25, 0.3) is 0 Å². The summed E-state index contributed by atoms with van der Waals surface area (Å²) in [5.74, 6) is -1.09. The highest BCUT2D eigenvalue weighted by atomic mass is 19.1. The fraction of sp³-hybridized carbons (Fsp3) is 0.400. The number of nitrogens with zero attached hydrogens (tertiary/aromatic N) is 1. The van der Waals surface area contributed by atoms with Crippen molar-refractivity contribution in [2.24, 2.45) is 0 Å². The van der Waals surface area contributed by atoms with Gasteiger partial charge in [-0.25, -0.2) is 4.39 Å². The Bertz CT molecular complexity index is 568. The molecule has 2 rings (SSSR count). The quantitative estimate of drug-likeness (QED) is 0.730. The summed E-state index contributed by atoms with van der Waals surface area (Å²) in [5.41, 5.74) is 1.02. The fourth-order valence-electron chi connectivity index (χ4n) is 2.41. The van der Waals surface area contributed by atoms with Gasteiger partial charge in [-0.1, -0.05) is 0 Å². The largest absolute Gasteiger partial charge is 0.294 e. The zero-order valence-corrected chi connectivity index (χ0v) is 11.3. The third-order valence-electron chi connectivity index (χ3n) is 3.44. The summed E-state index contributed by atoms with van der Waals surface area (Å²) < 4.78 is 13.3.